The summed E-state index contributed by atoms with van der Waals surface area (Å²) in [6.45, 7) is -0.249. The second-order valence-electron chi connectivity index (χ2n) is 4.57. The molecular weight excluding hydrogens is 300 g/mol. The molecule has 1 aromatic carbocycles. The minimum atomic E-state index is -3.05. The Morgan fingerprint density at radius 3 is 2.60 bits per heavy atom. The van der Waals surface area contributed by atoms with Crippen LogP contribution in [0.1, 0.15) is 18.1 Å². The number of aliphatic hydroxyl groups is 1. The van der Waals surface area contributed by atoms with Crippen LogP contribution in [0.4, 0.5) is 0 Å². The molecule has 0 aliphatic heterocycles. The molecule has 1 radical (unpaired) electrons. The van der Waals surface area contributed by atoms with E-state index >= 15 is 0 Å². The zero-order valence-corrected chi connectivity index (χ0v) is 12.2. The topological polar surface area (TPSA) is 63.6 Å². The van der Waals surface area contributed by atoms with Crippen LogP contribution >= 0.6 is 11.6 Å². The van der Waals surface area contributed by atoms with E-state index in [1.54, 1.807) is 36.4 Å². The number of allylic oxidation sites excluding steroid dienone is 3. The Bertz CT molecular complexity index is 584. The first-order valence-electron chi connectivity index (χ1n) is 6.00. The molecule has 20 heavy (non-hydrogen) atoms. The van der Waals surface area contributed by atoms with Crippen LogP contribution < -0.4 is 0 Å². The van der Waals surface area contributed by atoms with Crippen LogP contribution in [0.25, 0.3) is 0 Å². The van der Waals surface area contributed by atoms with Crippen molar-refractivity contribution < 1.29 is 17.7 Å². The average molecular weight is 314 g/mol. The van der Waals surface area contributed by atoms with Gasteiger partial charge in [0.1, 0.15) is 6.10 Å². The summed E-state index contributed by atoms with van der Waals surface area (Å²) in [5, 5.41) is 10.3. The maximum atomic E-state index is 11.0. The minimum Gasteiger partial charge on any atom is -0.395 e. The van der Waals surface area contributed by atoms with Crippen LogP contribution in [0.2, 0.25) is 5.02 Å². The Morgan fingerprint density at radius 2 is 2.10 bits per heavy atom. The fourth-order valence-electron chi connectivity index (χ4n) is 2.22. The molecular formula is C14H14ClO4S. The molecule has 2 rings (SSSR count). The van der Waals surface area contributed by atoms with Gasteiger partial charge in [-0.15, -0.1) is 0 Å². The van der Waals surface area contributed by atoms with Crippen LogP contribution in [-0.2, 0) is 15.2 Å². The highest BCUT2D eigenvalue weighted by Crippen LogP contribution is 2.43. The Kier molecular flexibility index (Phi) is 4.99. The Balaban J connectivity index is 2.43. The van der Waals surface area contributed by atoms with E-state index in [0.717, 1.165) is 0 Å². The summed E-state index contributed by atoms with van der Waals surface area (Å²) in [7, 11) is -3.05. The molecule has 0 fully saturated rings. The molecule has 2 unspecified atom stereocenters. The van der Waals surface area contributed by atoms with E-state index in [-0.39, 0.29) is 6.61 Å². The molecule has 0 bridgehead atoms. The van der Waals surface area contributed by atoms with E-state index in [9.17, 15) is 13.5 Å². The van der Waals surface area contributed by atoms with Gasteiger partial charge < -0.3 is 5.11 Å². The lowest BCUT2D eigenvalue weighted by molar-refractivity contribution is 0.0402. The van der Waals surface area contributed by atoms with Gasteiger partial charge in [-0.3, -0.25) is 4.18 Å². The van der Waals surface area contributed by atoms with Gasteiger partial charge in [-0.05, 0) is 30.2 Å². The lowest BCUT2D eigenvalue weighted by atomic mass is 9.75. The zero-order valence-electron chi connectivity index (χ0n) is 10.5. The van der Waals surface area contributed by atoms with Gasteiger partial charge in [0.05, 0.1) is 6.61 Å². The number of benzene rings is 1. The molecule has 0 saturated carbocycles. The molecule has 107 valence electrons. The summed E-state index contributed by atoms with van der Waals surface area (Å²) >= 11 is 5.84. The van der Waals surface area contributed by atoms with Crippen LogP contribution in [0.3, 0.4) is 0 Å². The summed E-state index contributed by atoms with van der Waals surface area (Å²) in [6, 6.07) is 6.69. The standard InChI is InChI=1S/C14H14ClO4S/c15-12-6-4-11(5-7-12)13(19-20(17)18)14(10-16)8-2-1-3-9-14/h1-2,4-7,9,13,16,20H,8,10H2. The second kappa shape index (κ2) is 6.54. The third-order valence-electron chi connectivity index (χ3n) is 3.26. The normalized spacial score (nSPS) is 23.1. The van der Waals surface area contributed by atoms with Crippen molar-refractivity contribution in [1.82, 2.24) is 0 Å². The van der Waals surface area contributed by atoms with Gasteiger partial charge in [-0.25, -0.2) is 8.42 Å². The summed E-state index contributed by atoms with van der Waals surface area (Å²) < 4.78 is 27.1. The van der Waals surface area contributed by atoms with Crippen LogP contribution in [0.5, 0.6) is 0 Å². The van der Waals surface area contributed by atoms with Crippen LogP contribution in [0, 0.1) is 11.5 Å². The number of halogens is 1. The smallest absolute Gasteiger partial charge is 0.257 e. The maximum Gasteiger partial charge on any atom is 0.257 e. The van der Waals surface area contributed by atoms with Gasteiger partial charge in [0.15, 0.2) is 0 Å². The zero-order chi connectivity index (χ0) is 14.6. The SMILES string of the molecule is O=[SH](=O)OC(c1ccc(Cl)cc1)C1(CO)C=[C]C=CC1. The monoisotopic (exact) mass is 313 g/mol. The molecule has 1 N–H and O–H groups in total. The summed E-state index contributed by atoms with van der Waals surface area (Å²) in [6.07, 6.45) is 7.75. The van der Waals surface area contributed by atoms with Crippen molar-refractivity contribution in [1.29, 1.82) is 0 Å². The van der Waals surface area contributed by atoms with Crippen molar-refractivity contribution in [2.75, 3.05) is 6.61 Å². The van der Waals surface area contributed by atoms with Crippen LogP contribution in [-0.4, -0.2) is 20.1 Å². The molecule has 0 spiro atoms. The molecule has 1 aromatic rings. The molecule has 0 heterocycles. The van der Waals surface area contributed by atoms with Gasteiger partial charge in [0.25, 0.3) is 11.0 Å². The van der Waals surface area contributed by atoms with E-state index < -0.39 is 22.5 Å². The third kappa shape index (κ3) is 3.30. The first-order chi connectivity index (χ1) is 9.57. The highest BCUT2D eigenvalue weighted by atomic mass is 35.5. The molecule has 0 saturated heterocycles. The third-order valence-corrected chi connectivity index (χ3v) is 3.90. The largest absolute Gasteiger partial charge is 0.395 e. The van der Waals surface area contributed by atoms with Crippen LogP contribution in [0.15, 0.2) is 42.5 Å². The number of hydrogen-bond donors (Lipinski definition) is 2. The summed E-state index contributed by atoms with van der Waals surface area (Å²) in [5.41, 5.74) is -0.214. The van der Waals surface area contributed by atoms with E-state index in [4.69, 9.17) is 15.8 Å². The van der Waals surface area contributed by atoms with Crippen molar-refractivity contribution >= 4 is 22.6 Å². The Morgan fingerprint density at radius 1 is 1.40 bits per heavy atom. The predicted molar refractivity (Wildman–Crippen MR) is 76.7 cm³/mol. The van der Waals surface area contributed by atoms with E-state index in [1.807, 2.05) is 6.08 Å². The first-order valence-corrected chi connectivity index (χ1v) is 7.48. The lowest BCUT2D eigenvalue weighted by Gasteiger charge is -2.35. The molecule has 1 aliphatic carbocycles. The van der Waals surface area contributed by atoms with Crippen molar-refractivity contribution in [3.63, 3.8) is 0 Å². The molecule has 0 aromatic heterocycles. The number of thiol groups is 1. The predicted octanol–water partition coefficient (Wildman–Crippen LogP) is 2.22. The second-order valence-corrected chi connectivity index (χ2v) is 5.66. The minimum absolute atomic E-state index is 0.249. The molecule has 2 atom stereocenters. The average Bonchev–Trinajstić information content (AvgIpc) is 2.46. The van der Waals surface area contributed by atoms with Crippen molar-refractivity contribution in [3.05, 3.63) is 59.2 Å². The first kappa shape index (κ1) is 15.3. The lowest BCUT2D eigenvalue weighted by Crippen LogP contribution is -2.33. The molecule has 6 heteroatoms. The maximum absolute atomic E-state index is 11.0. The number of rotatable bonds is 5. The highest BCUT2D eigenvalue weighted by Gasteiger charge is 2.39. The van der Waals surface area contributed by atoms with Crippen molar-refractivity contribution in [2.45, 2.75) is 12.5 Å². The fourth-order valence-corrected chi connectivity index (χ4v) is 2.85. The van der Waals surface area contributed by atoms with Gasteiger partial charge in [-0.1, -0.05) is 42.0 Å². The Labute approximate surface area is 124 Å². The summed E-state index contributed by atoms with van der Waals surface area (Å²) in [5.74, 6) is 0. The quantitative estimate of drug-likeness (QED) is 0.818. The summed E-state index contributed by atoms with van der Waals surface area (Å²) in [4.78, 5) is 0. The number of hydrogen-bond acceptors (Lipinski definition) is 4. The fraction of sp³-hybridized carbons (Fsp3) is 0.286. The highest BCUT2D eigenvalue weighted by molar-refractivity contribution is 7.67. The molecule has 4 nitrogen and oxygen atoms in total. The van der Waals surface area contributed by atoms with Gasteiger partial charge in [-0.2, -0.15) is 0 Å². The van der Waals surface area contributed by atoms with Gasteiger partial charge in [0, 0.05) is 10.4 Å². The van der Waals surface area contributed by atoms with Crippen molar-refractivity contribution in [2.24, 2.45) is 5.41 Å². The van der Waals surface area contributed by atoms with Gasteiger partial charge in [0.2, 0.25) is 0 Å². The molecule has 0 amide bonds. The molecule has 1 aliphatic rings. The van der Waals surface area contributed by atoms with E-state index in [2.05, 4.69) is 6.08 Å². The van der Waals surface area contributed by atoms with E-state index in [1.165, 1.54) is 0 Å². The number of aliphatic hydroxyl groups excluding tert-OH is 1. The van der Waals surface area contributed by atoms with Crippen molar-refractivity contribution in [3.8, 4) is 0 Å². The Hall–Kier alpha value is -1.14. The van der Waals surface area contributed by atoms with Gasteiger partial charge >= 0.3 is 0 Å². The van der Waals surface area contributed by atoms with E-state index in [0.29, 0.717) is 17.0 Å².